The van der Waals surface area contributed by atoms with Crippen molar-refractivity contribution in [3.63, 3.8) is 0 Å². The molecule has 0 bridgehead atoms. The van der Waals surface area contributed by atoms with E-state index in [1.165, 1.54) is 6.07 Å². The summed E-state index contributed by atoms with van der Waals surface area (Å²) in [5, 5.41) is 12.0. The Morgan fingerprint density at radius 2 is 1.86 bits per heavy atom. The number of ether oxygens (including phenoxy) is 2. The van der Waals surface area contributed by atoms with Gasteiger partial charge in [0.1, 0.15) is 11.6 Å². The molecule has 5 heteroatoms. The molecular formula is C17H20FNO3. The molecule has 0 fully saturated rings. The van der Waals surface area contributed by atoms with Gasteiger partial charge in [-0.05, 0) is 29.3 Å². The van der Waals surface area contributed by atoms with Gasteiger partial charge in [0.2, 0.25) is 0 Å². The Morgan fingerprint density at radius 1 is 1.09 bits per heavy atom. The lowest BCUT2D eigenvalue weighted by Crippen LogP contribution is -2.04. The highest BCUT2D eigenvalue weighted by atomic mass is 19.1. The van der Waals surface area contributed by atoms with E-state index in [0.29, 0.717) is 24.4 Å². The van der Waals surface area contributed by atoms with Crippen LogP contribution in [0.5, 0.6) is 5.75 Å². The Morgan fingerprint density at radius 3 is 2.50 bits per heavy atom. The smallest absolute Gasteiger partial charge is 0.146 e. The summed E-state index contributed by atoms with van der Waals surface area (Å²) in [6, 6.07) is 10.4. The van der Waals surface area contributed by atoms with Crippen molar-refractivity contribution in [3.05, 3.63) is 58.9 Å². The number of aliphatic hydroxyl groups is 1. The normalized spacial score (nSPS) is 10.5. The minimum absolute atomic E-state index is 0.175. The van der Waals surface area contributed by atoms with Crippen LogP contribution in [0.15, 0.2) is 36.4 Å². The second kappa shape index (κ2) is 7.77. The highest BCUT2D eigenvalue weighted by Gasteiger charge is 2.07. The van der Waals surface area contributed by atoms with Crippen molar-refractivity contribution in [2.45, 2.75) is 19.8 Å². The largest absolute Gasteiger partial charge is 0.496 e. The van der Waals surface area contributed by atoms with Gasteiger partial charge in [-0.1, -0.05) is 18.2 Å². The van der Waals surface area contributed by atoms with Crippen LogP contribution < -0.4 is 10.1 Å². The van der Waals surface area contributed by atoms with E-state index in [9.17, 15) is 4.39 Å². The molecule has 0 atom stereocenters. The third-order valence-corrected chi connectivity index (χ3v) is 3.35. The second-order valence-electron chi connectivity index (χ2n) is 4.91. The van der Waals surface area contributed by atoms with Crippen molar-refractivity contribution in [1.82, 2.24) is 0 Å². The van der Waals surface area contributed by atoms with E-state index < -0.39 is 0 Å². The summed E-state index contributed by atoms with van der Waals surface area (Å²) in [5.74, 6) is 0.343. The number of methoxy groups -OCH3 is 2. The van der Waals surface area contributed by atoms with Crippen LogP contribution in [0.3, 0.4) is 0 Å². The third kappa shape index (κ3) is 3.96. The maximum absolute atomic E-state index is 13.9. The van der Waals surface area contributed by atoms with Crippen LogP contribution in [-0.2, 0) is 24.5 Å². The first-order valence-electron chi connectivity index (χ1n) is 6.95. The molecular weight excluding hydrogens is 285 g/mol. The fraction of sp³-hybridized carbons (Fsp3) is 0.294. The van der Waals surface area contributed by atoms with E-state index in [-0.39, 0.29) is 12.4 Å². The number of hydrogen-bond acceptors (Lipinski definition) is 4. The van der Waals surface area contributed by atoms with Gasteiger partial charge in [-0.25, -0.2) is 4.39 Å². The van der Waals surface area contributed by atoms with E-state index >= 15 is 0 Å². The number of aliphatic hydroxyl groups excluding tert-OH is 1. The molecule has 0 aliphatic rings. The van der Waals surface area contributed by atoms with Gasteiger partial charge in [-0.15, -0.1) is 0 Å². The van der Waals surface area contributed by atoms with Gasteiger partial charge in [0.25, 0.3) is 0 Å². The lowest BCUT2D eigenvalue weighted by atomic mass is 10.1. The topological polar surface area (TPSA) is 50.7 Å². The van der Waals surface area contributed by atoms with Gasteiger partial charge in [-0.2, -0.15) is 0 Å². The Balaban J connectivity index is 2.11. The fourth-order valence-corrected chi connectivity index (χ4v) is 2.18. The molecule has 0 spiro atoms. The summed E-state index contributed by atoms with van der Waals surface area (Å²) in [5.41, 5.74) is 2.87. The number of hydrogen-bond donors (Lipinski definition) is 2. The van der Waals surface area contributed by atoms with E-state index in [1.54, 1.807) is 26.4 Å². The average molecular weight is 305 g/mol. The maximum Gasteiger partial charge on any atom is 0.146 e. The van der Waals surface area contributed by atoms with Crippen LogP contribution in [0.1, 0.15) is 16.7 Å². The Hall–Kier alpha value is -2.11. The highest BCUT2D eigenvalue weighted by molar-refractivity contribution is 5.48. The summed E-state index contributed by atoms with van der Waals surface area (Å²) in [7, 11) is 3.24. The molecule has 0 heterocycles. The molecule has 0 aromatic heterocycles. The van der Waals surface area contributed by atoms with Crippen LogP contribution >= 0.6 is 0 Å². The van der Waals surface area contributed by atoms with Gasteiger partial charge in [0.05, 0.1) is 26.0 Å². The number of anilines is 1. The van der Waals surface area contributed by atoms with Gasteiger partial charge < -0.3 is 19.9 Å². The standard InChI is InChI=1S/C17H20FNO3/c1-21-11-13-3-5-14(17(8-13)22-2)9-19-16-6-4-12(10-20)7-15(16)18/h3-8,19-20H,9-11H2,1-2H3. The minimum atomic E-state index is -0.387. The first kappa shape index (κ1) is 16.3. The van der Waals surface area contributed by atoms with Crippen LogP contribution in [0, 0.1) is 5.82 Å². The van der Waals surface area contributed by atoms with Gasteiger partial charge >= 0.3 is 0 Å². The summed E-state index contributed by atoms with van der Waals surface area (Å²) < 4.78 is 24.3. The van der Waals surface area contributed by atoms with E-state index in [4.69, 9.17) is 14.6 Å². The predicted molar refractivity (Wildman–Crippen MR) is 83.4 cm³/mol. The van der Waals surface area contributed by atoms with Crippen molar-refractivity contribution in [2.24, 2.45) is 0 Å². The molecule has 2 rings (SSSR count). The molecule has 0 aliphatic carbocycles. The second-order valence-corrected chi connectivity index (χ2v) is 4.91. The van der Waals surface area contributed by atoms with Gasteiger partial charge in [0, 0.05) is 19.2 Å². The van der Waals surface area contributed by atoms with Crippen molar-refractivity contribution < 1.29 is 19.0 Å². The number of rotatable bonds is 7. The molecule has 0 radical (unpaired) electrons. The quantitative estimate of drug-likeness (QED) is 0.825. The SMILES string of the molecule is COCc1ccc(CNc2ccc(CO)cc2F)c(OC)c1. The van der Waals surface area contributed by atoms with Crippen molar-refractivity contribution in [3.8, 4) is 5.75 Å². The number of halogens is 1. The molecule has 2 N–H and O–H groups in total. The molecule has 0 saturated heterocycles. The minimum Gasteiger partial charge on any atom is -0.496 e. The maximum atomic E-state index is 13.9. The van der Waals surface area contributed by atoms with Crippen LogP contribution in [0.4, 0.5) is 10.1 Å². The predicted octanol–water partition coefficient (Wildman–Crippen LogP) is 3.09. The van der Waals surface area contributed by atoms with E-state index in [0.717, 1.165) is 16.9 Å². The zero-order chi connectivity index (χ0) is 15.9. The summed E-state index contributed by atoms with van der Waals surface area (Å²) in [4.78, 5) is 0. The highest BCUT2D eigenvalue weighted by Crippen LogP contribution is 2.23. The van der Waals surface area contributed by atoms with Gasteiger partial charge in [0.15, 0.2) is 0 Å². The monoisotopic (exact) mass is 305 g/mol. The van der Waals surface area contributed by atoms with Crippen LogP contribution in [0.25, 0.3) is 0 Å². The Kier molecular flexibility index (Phi) is 5.75. The lowest BCUT2D eigenvalue weighted by molar-refractivity contribution is 0.184. The molecule has 2 aromatic carbocycles. The van der Waals surface area contributed by atoms with Gasteiger partial charge in [-0.3, -0.25) is 0 Å². The van der Waals surface area contributed by atoms with Crippen molar-refractivity contribution in [2.75, 3.05) is 19.5 Å². The first-order chi connectivity index (χ1) is 10.7. The zero-order valence-corrected chi connectivity index (χ0v) is 12.7. The number of benzene rings is 2. The first-order valence-corrected chi connectivity index (χ1v) is 6.95. The zero-order valence-electron chi connectivity index (χ0n) is 12.7. The average Bonchev–Trinajstić information content (AvgIpc) is 2.54. The van der Waals surface area contributed by atoms with Crippen LogP contribution in [0.2, 0.25) is 0 Å². The summed E-state index contributed by atoms with van der Waals surface area (Å²) in [6.07, 6.45) is 0. The van der Waals surface area contributed by atoms with Crippen molar-refractivity contribution >= 4 is 5.69 Å². The molecule has 0 amide bonds. The molecule has 118 valence electrons. The Labute approximate surface area is 129 Å². The molecule has 0 aliphatic heterocycles. The number of nitrogens with one attached hydrogen (secondary N) is 1. The molecule has 0 unspecified atom stereocenters. The fourth-order valence-electron chi connectivity index (χ4n) is 2.18. The van der Waals surface area contributed by atoms with Crippen LogP contribution in [-0.4, -0.2) is 19.3 Å². The third-order valence-electron chi connectivity index (χ3n) is 3.35. The van der Waals surface area contributed by atoms with E-state index in [2.05, 4.69) is 5.32 Å². The molecule has 2 aromatic rings. The molecule has 0 saturated carbocycles. The van der Waals surface area contributed by atoms with E-state index in [1.807, 2.05) is 18.2 Å². The van der Waals surface area contributed by atoms with Crippen molar-refractivity contribution in [1.29, 1.82) is 0 Å². The summed E-state index contributed by atoms with van der Waals surface area (Å²) in [6.45, 7) is 0.777. The lowest BCUT2D eigenvalue weighted by Gasteiger charge is -2.13. The Bertz CT molecular complexity index is 631. The summed E-state index contributed by atoms with van der Waals surface area (Å²) >= 11 is 0. The molecule has 4 nitrogen and oxygen atoms in total. The molecule has 22 heavy (non-hydrogen) atoms.